The number of rotatable bonds is 33. The first-order chi connectivity index (χ1) is 30.7. The molecule has 2 heterocycles. The quantitative estimate of drug-likeness (QED) is 0.0383. The van der Waals surface area contributed by atoms with Crippen LogP contribution in [0.2, 0.25) is 0 Å². The van der Waals surface area contributed by atoms with Crippen LogP contribution in [0.1, 0.15) is 94.3 Å². The van der Waals surface area contributed by atoms with Gasteiger partial charge in [0.2, 0.25) is 22.7 Å². The molecule has 0 radical (unpaired) electrons. The summed E-state index contributed by atoms with van der Waals surface area (Å²) in [5.74, 6) is -8.00. The first-order valence-electron chi connectivity index (χ1n) is 20.3. The van der Waals surface area contributed by atoms with Crippen molar-refractivity contribution in [2.24, 2.45) is 0 Å². The number of benzene rings is 1. The monoisotopic (exact) mass is 934 g/mol. The van der Waals surface area contributed by atoms with Crippen LogP contribution in [0.5, 0.6) is 0 Å². The van der Waals surface area contributed by atoms with Crippen molar-refractivity contribution in [3.63, 3.8) is 0 Å². The van der Waals surface area contributed by atoms with Crippen molar-refractivity contribution in [2.45, 2.75) is 121 Å². The molecular weight excluding hydrogens is 881 g/mol. The van der Waals surface area contributed by atoms with Gasteiger partial charge in [-0.25, -0.2) is 18.4 Å². The molecule has 24 nitrogen and oxygen atoms in total. The Kier molecular flexibility index (Phi) is 20.5. The number of aromatic nitrogens is 4. The Morgan fingerprint density at radius 3 is 1.20 bits per heavy atom. The number of carbonyl (C=O) groups excluding carboxylic acids is 2. The highest BCUT2D eigenvalue weighted by atomic mass is 32.2. The lowest BCUT2D eigenvalue weighted by Crippen LogP contribution is -2.50. The molecule has 0 bridgehead atoms. The topological polar surface area (TPSA) is 367 Å². The third kappa shape index (κ3) is 19.6. The van der Waals surface area contributed by atoms with Crippen LogP contribution in [0.3, 0.4) is 0 Å². The third-order valence-corrected chi connectivity index (χ3v) is 11.0. The van der Waals surface area contributed by atoms with Gasteiger partial charge in [0.15, 0.2) is 0 Å². The highest BCUT2D eigenvalue weighted by molar-refractivity contribution is 7.73. The zero-order valence-corrected chi connectivity index (χ0v) is 36.2. The van der Waals surface area contributed by atoms with Crippen molar-refractivity contribution in [3.05, 3.63) is 66.3 Å². The third-order valence-electron chi connectivity index (χ3n) is 10.6. The molecule has 9 N–H and O–H groups in total. The molecule has 0 atom stereocenters. The maximum atomic E-state index is 13.6. The summed E-state index contributed by atoms with van der Waals surface area (Å²) >= 11 is 0. The molecule has 65 heavy (non-hydrogen) atoms. The number of carbonyl (C=O) groups is 8. The number of hydrogen-bond acceptors (Lipinski definition) is 13. The van der Waals surface area contributed by atoms with Crippen molar-refractivity contribution in [1.29, 1.82) is 0 Å². The molecule has 0 fully saturated rings. The number of thiol groups is 1. The van der Waals surface area contributed by atoms with Gasteiger partial charge in [0.25, 0.3) is 0 Å². The number of carboxylic acids is 6. The minimum atomic E-state index is -2.89. The highest BCUT2D eigenvalue weighted by Gasteiger charge is 2.35. The highest BCUT2D eigenvalue weighted by Crippen LogP contribution is 2.28. The molecule has 0 aliphatic heterocycles. The van der Waals surface area contributed by atoms with E-state index in [1.165, 1.54) is 33.9 Å². The molecular formula is C40H54N8O16S. The van der Waals surface area contributed by atoms with Crippen LogP contribution < -0.4 is 15.4 Å². The summed E-state index contributed by atoms with van der Waals surface area (Å²) in [6.45, 7) is -0.347. The Balaban J connectivity index is 1.92. The molecule has 0 saturated heterocycles. The van der Waals surface area contributed by atoms with Gasteiger partial charge in [-0.2, -0.15) is 0 Å². The van der Waals surface area contributed by atoms with E-state index in [-0.39, 0.29) is 64.7 Å². The Morgan fingerprint density at radius 2 is 0.892 bits per heavy atom. The van der Waals surface area contributed by atoms with E-state index in [9.17, 15) is 77.4 Å². The minimum Gasteiger partial charge on any atom is -0.481 e. The standard InChI is InChI=1S/C40H54N8O16S/c49-31(43-39(12-5-33(51)52,13-6-34(53)54)14-7-35(55)56)25-47-21-18-41-29(47)23-46(20-11-27-1-3-28(4-2-27)45-65(63)64)24-30-42-19-22-48(30)26-32(50)44-40(15-8-36(57)58,16-9-37(59)60)17-10-38(61)62/h1-4,18-19,21-22,65H,5-17,20,23-26H2,(H,43,49)(H,44,50)(H,51,52)(H,53,54)(H,55,56)(H,57,58)(H,59,60)(H,61,62)(H,45,63,64). The van der Waals surface area contributed by atoms with Crippen molar-refractivity contribution in [1.82, 2.24) is 34.6 Å². The molecule has 1 aromatic carbocycles. The summed E-state index contributed by atoms with van der Waals surface area (Å²) in [7, 11) is -2.89. The number of nitrogens with zero attached hydrogens (tertiary/aromatic N) is 5. The van der Waals surface area contributed by atoms with E-state index in [0.29, 0.717) is 30.3 Å². The predicted molar refractivity (Wildman–Crippen MR) is 226 cm³/mol. The molecule has 25 heteroatoms. The predicted octanol–water partition coefficient (Wildman–Crippen LogP) is 1.16. The molecule has 0 aliphatic rings. The fourth-order valence-corrected chi connectivity index (χ4v) is 7.57. The Labute approximate surface area is 373 Å². The van der Waals surface area contributed by atoms with E-state index in [1.54, 1.807) is 24.3 Å². The molecule has 0 saturated carbocycles. The fraction of sp³-hybridized carbons (Fsp3) is 0.500. The summed E-state index contributed by atoms with van der Waals surface area (Å²) in [5, 5.41) is 61.8. The second kappa shape index (κ2) is 25.4. The van der Waals surface area contributed by atoms with Crippen LogP contribution in [0.25, 0.3) is 0 Å². The van der Waals surface area contributed by atoms with E-state index in [4.69, 9.17) is 0 Å². The molecule has 2 amide bonds. The van der Waals surface area contributed by atoms with Gasteiger partial charge >= 0.3 is 35.8 Å². The van der Waals surface area contributed by atoms with E-state index >= 15 is 0 Å². The summed E-state index contributed by atoms with van der Waals surface area (Å²) in [5.41, 5.74) is -1.80. The maximum absolute atomic E-state index is 13.6. The van der Waals surface area contributed by atoms with Crippen LogP contribution in [-0.2, 0) is 81.8 Å². The number of carboxylic acid groups (broad SMARTS) is 6. The molecule has 2 aromatic heterocycles. The van der Waals surface area contributed by atoms with Gasteiger partial charge in [-0.3, -0.25) is 48.0 Å². The second-order valence-corrected chi connectivity index (χ2v) is 16.2. The lowest BCUT2D eigenvalue weighted by Gasteiger charge is -2.34. The molecule has 3 rings (SSSR count). The number of imidazole rings is 2. The number of hydrogen-bond donors (Lipinski definition) is 10. The average molecular weight is 935 g/mol. The fourth-order valence-electron chi connectivity index (χ4n) is 7.21. The van der Waals surface area contributed by atoms with Gasteiger partial charge in [-0.15, -0.1) is 0 Å². The zero-order valence-electron chi connectivity index (χ0n) is 35.3. The Morgan fingerprint density at radius 1 is 0.554 bits per heavy atom. The summed E-state index contributed by atoms with van der Waals surface area (Å²) in [6, 6.07) is 6.59. The van der Waals surface area contributed by atoms with Crippen LogP contribution in [-0.4, -0.2) is 128 Å². The smallest absolute Gasteiger partial charge is 0.303 e. The van der Waals surface area contributed by atoms with Gasteiger partial charge < -0.3 is 50.4 Å². The largest absolute Gasteiger partial charge is 0.481 e. The summed E-state index contributed by atoms with van der Waals surface area (Å²) in [4.78, 5) is 107. The average Bonchev–Trinajstić information content (AvgIpc) is 3.85. The molecule has 0 spiro atoms. The summed E-state index contributed by atoms with van der Waals surface area (Å²) < 4.78 is 27.6. The lowest BCUT2D eigenvalue weighted by molar-refractivity contribution is -0.141. The van der Waals surface area contributed by atoms with Gasteiger partial charge in [0, 0.05) is 86.6 Å². The van der Waals surface area contributed by atoms with Crippen LogP contribution >= 0.6 is 0 Å². The molecule has 0 aliphatic carbocycles. The molecule has 356 valence electrons. The number of anilines is 1. The normalized spacial score (nSPS) is 11.6. The number of nitrogens with one attached hydrogen (secondary N) is 3. The zero-order chi connectivity index (χ0) is 48.2. The summed E-state index contributed by atoms with van der Waals surface area (Å²) in [6.07, 6.45) is 2.04. The molecule has 3 aromatic rings. The maximum Gasteiger partial charge on any atom is 0.303 e. The van der Waals surface area contributed by atoms with E-state index in [0.717, 1.165) is 5.56 Å². The van der Waals surface area contributed by atoms with E-state index in [1.807, 2.05) is 4.90 Å². The second-order valence-electron chi connectivity index (χ2n) is 15.5. The van der Waals surface area contributed by atoms with Crippen molar-refractivity contribution in [2.75, 3.05) is 11.3 Å². The minimum absolute atomic E-state index is 0.0560. The van der Waals surface area contributed by atoms with Crippen LogP contribution in [0.15, 0.2) is 49.1 Å². The van der Waals surface area contributed by atoms with Gasteiger partial charge in [0.05, 0.1) is 13.1 Å². The lowest BCUT2D eigenvalue weighted by atomic mass is 9.83. The Hall–Kier alpha value is -6.89. The SMILES string of the molecule is O=C(O)CCC(CCC(=O)O)(CCC(=O)O)NC(=O)Cn1ccnc1CN(CCc1ccc(N[SH](=O)=O)cc1)Cc1nccn1CC(=O)NC(CCC(=O)O)(CCC(=O)O)CCC(=O)O. The van der Waals surface area contributed by atoms with Crippen molar-refractivity contribution < 1.29 is 77.4 Å². The Bertz CT molecular complexity index is 2000. The molecule has 0 unspecified atom stereocenters. The van der Waals surface area contributed by atoms with Gasteiger partial charge in [-0.05, 0) is 62.6 Å². The number of amides is 2. The van der Waals surface area contributed by atoms with Crippen LogP contribution in [0, 0.1) is 0 Å². The van der Waals surface area contributed by atoms with Gasteiger partial charge in [0.1, 0.15) is 24.7 Å². The van der Waals surface area contributed by atoms with Gasteiger partial charge in [-0.1, -0.05) is 12.1 Å². The van der Waals surface area contributed by atoms with Crippen molar-refractivity contribution in [3.8, 4) is 0 Å². The van der Waals surface area contributed by atoms with E-state index < -0.39 is 108 Å². The van der Waals surface area contributed by atoms with E-state index in [2.05, 4.69) is 25.3 Å². The van der Waals surface area contributed by atoms with Crippen LogP contribution in [0.4, 0.5) is 5.69 Å². The number of aliphatic carboxylic acids is 6. The first-order valence-corrected chi connectivity index (χ1v) is 21.5. The first kappa shape index (κ1) is 52.5. The van der Waals surface area contributed by atoms with Crippen molar-refractivity contribution >= 4 is 64.2 Å².